The average molecular weight is 143 g/mol. The Balaban J connectivity index is 1.88. The molecule has 1 atom stereocenters. The van der Waals surface area contributed by atoms with Crippen molar-refractivity contribution >= 4 is 0 Å². The summed E-state index contributed by atoms with van der Waals surface area (Å²) in [5.74, 6) is 0. The van der Waals surface area contributed by atoms with Gasteiger partial charge in [-0.3, -0.25) is 9.68 Å². The van der Waals surface area contributed by atoms with Gasteiger partial charge in [0.05, 0.1) is 20.3 Å². The molecule has 2 rings (SSSR count). The number of nitrogens with zero attached hydrogens (tertiary/aromatic N) is 1. The highest BCUT2D eigenvalue weighted by molar-refractivity contribution is 5.15. The normalized spacial score (nSPS) is 33.3. The second kappa shape index (κ2) is 1.94. The molecule has 0 saturated heterocycles. The van der Waals surface area contributed by atoms with Crippen molar-refractivity contribution < 1.29 is 9.68 Å². The predicted molar refractivity (Wildman–Crippen MR) is 35.9 cm³/mol. The fourth-order valence-electron chi connectivity index (χ4n) is 1.65. The maximum Gasteiger partial charge on any atom is 0.0690 e. The molecule has 1 spiro atoms. The van der Waals surface area contributed by atoms with E-state index in [1.165, 1.54) is 19.3 Å². The number of hydroxylamine groups is 2. The standard InChI is InChI=1S/C7H13NO2/c1-9-8(10-2)6-5-7(6)3-4-7/h6H,3-5H2,1-2H3. The van der Waals surface area contributed by atoms with E-state index in [4.69, 9.17) is 9.68 Å². The van der Waals surface area contributed by atoms with Gasteiger partial charge in [0.2, 0.25) is 0 Å². The van der Waals surface area contributed by atoms with Gasteiger partial charge in [-0.1, -0.05) is 5.23 Å². The Kier molecular flexibility index (Phi) is 1.27. The van der Waals surface area contributed by atoms with E-state index in [9.17, 15) is 0 Å². The first-order valence-electron chi connectivity index (χ1n) is 3.70. The van der Waals surface area contributed by atoms with E-state index in [1.807, 2.05) is 0 Å². The monoisotopic (exact) mass is 143 g/mol. The first kappa shape index (κ1) is 6.58. The van der Waals surface area contributed by atoms with E-state index in [2.05, 4.69) is 0 Å². The summed E-state index contributed by atoms with van der Waals surface area (Å²) in [6.07, 6.45) is 3.98. The molecule has 0 aromatic carbocycles. The molecule has 3 heteroatoms. The molecule has 0 aromatic rings. The minimum Gasteiger partial charge on any atom is -0.277 e. The minimum atomic E-state index is 0.544. The van der Waals surface area contributed by atoms with Crippen molar-refractivity contribution in [3.05, 3.63) is 0 Å². The summed E-state index contributed by atoms with van der Waals surface area (Å²) < 4.78 is 0. The van der Waals surface area contributed by atoms with Crippen molar-refractivity contribution in [2.75, 3.05) is 14.2 Å². The third-order valence-corrected chi connectivity index (χ3v) is 2.65. The Hall–Kier alpha value is -0.120. The molecule has 2 saturated carbocycles. The van der Waals surface area contributed by atoms with Crippen LogP contribution >= 0.6 is 0 Å². The van der Waals surface area contributed by atoms with Gasteiger partial charge in [-0.15, -0.1) is 0 Å². The third kappa shape index (κ3) is 0.779. The third-order valence-electron chi connectivity index (χ3n) is 2.65. The fourth-order valence-corrected chi connectivity index (χ4v) is 1.65. The Morgan fingerprint density at radius 2 is 1.90 bits per heavy atom. The molecule has 3 nitrogen and oxygen atoms in total. The zero-order valence-electron chi connectivity index (χ0n) is 6.46. The molecule has 2 aliphatic rings. The van der Waals surface area contributed by atoms with Gasteiger partial charge in [0, 0.05) is 0 Å². The van der Waals surface area contributed by atoms with Gasteiger partial charge in [-0.05, 0) is 24.7 Å². The van der Waals surface area contributed by atoms with Crippen LogP contribution in [0.1, 0.15) is 19.3 Å². The van der Waals surface area contributed by atoms with Crippen LogP contribution in [-0.4, -0.2) is 25.5 Å². The zero-order chi connectivity index (χ0) is 7.19. The number of hydrogen-bond acceptors (Lipinski definition) is 3. The molecule has 0 radical (unpaired) electrons. The highest BCUT2D eigenvalue weighted by Crippen LogP contribution is 2.67. The van der Waals surface area contributed by atoms with Gasteiger partial charge < -0.3 is 0 Å². The SMILES string of the molecule is CON(OC)C1CC12CC2. The van der Waals surface area contributed by atoms with Crippen molar-refractivity contribution in [2.24, 2.45) is 5.41 Å². The van der Waals surface area contributed by atoms with Gasteiger partial charge in [-0.2, -0.15) is 0 Å². The molecule has 10 heavy (non-hydrogen) atoms. The van der Waals surface area contributed by atoms with Crippen LogP contribution in [0.15, 0.2) is 0 Å². The van der Waals surface area contributed by atoms with Gasteiger partial charge in [-0.25, -0.2) is 0 Å². The van der Waals surface area contributed by atoms with Crippen LogP contribution in [0.2, 0.25) is 0 Å². The smallest absolute Gasteiger partial charge is 0.0690 e. The lowest BCUT2D eigenvalue weighted by atomic mass is 10.4. The van der Waals surface area contributed by atoms with Gasteiger partial charge >= 0.3 is 0 Å². The van der Waals surface area contributed by atoms with Crippen LogP contribution in [0.3, 0.4) is 0 Å². The lowest BCUT2D eigenvalue weighted by molar-refractivity contribution is -0.351. The Bertz CT molecular complexity index is 141. The van der Waals surface area contributed by atoms with Crippen molar-refractivity contribution in [3.8, 4) is 0 Å². The fraction of sp³-hybridized carbons (Fsp3) is 1.00. The van der Waals surface area contributed by atoms with Crippen LogP contribution in [0, 0.1) is 5.41 Å². The first-order valence-corrected chi connectivity index (χ1v) is 3.70. The van der Waals surface area contributed by atoms with Crippen molar-refractivity contribution in [2.45, 2.75) is 25.3 Å². The molecule has 0 aromatic heterocycles. The zero-order valence-corrected chi connectivity index (χ0v) is 6.46. The Morgan fingerprint density at radius 1 is 1.30 bits per heavy atom. The predicted octanol–water partition coefficient (Wildman–Crippen LogP) is 0.964. The van der Waals surface area contributed by atoms with E-state index in [1.54, 1.807) is 19.4 Å². The molecule has 0 aliphatic heterocycles. The Morgan fingerprint density at radius 3 is 2.20 bits per heavy atom. The van der Waals surface area contributed by atoms with Gasteiger partial charge in [0.1, 0.15) is 0 Å². The lowest BCUT2D eigenvalue weighted by Crippen LogP contribution is -2.24. The molecule has 2 fully saturated rings. The molecule has 58 valence electrons. The van der Waals surface area contributed by atoms with E-state index in [-0.39, 0.29) is 0 Å². The maximum absolute atomic E-state index is 5.01. The molecule has 0 N–H and O–H groups in total. The highest BCUT2D eigenvalue weighted by atomic mass is 16.9. The average Bonchev–Trinajstić information content (AvgIpc) is 2.81. The molecular weight excluding hydrogens is 130 g/mol. The van der Waals surface area contributed by atoms with E-state index < -0.39 is 0 Å². The van der Waals surface area contributed by atoms with Crippen molar-refractivity contribution in [1.29, 1.82) is 0 Å². The largest absolute Gasteiger partial charge is 0.277 e. The van der Waals surface area contributed by atoms with Crippen LogP contribution < -0.4 is 0 Å². The van der Waals surface area contributed by atoms with Crippen LogP contribution in [0.5, 0.6) is 0 Å². The molecule has 1 unspecified atom stereocenters. The quantitative estimate of drug-likeness (QED) is 0.549. The first-order chi connectivity index (χ1) is 4.82. The number of hydrogen-bond donors (Lipinski definition) is 0. The van der Waals surface area contributed by atoms with E-state index in [0.29, 0.717) is 11.5 Å². The molecular formula is C7H13NO2. The maximum atomic E-state index is 5.01. The molecule has 0 amide bonds. The minimum absolute atomic E-state index is 0.544. The summed E-state index contributed by atoms with van der Waals surface area (Å²) in [5, 5.41) is 1.62. The van der Waals surface area contributed by atoms with Crippen LogP contribution in [-0.2, 0) is 9.68 Å². The summed E-state index contributed by atoms with van der Waals surface area (Å²) in [7, 11) is 3.30. The van der Waals surface area contributed by atoms with Crippen molar-refractivity contribution in [3.63, 3.8) is 0 Å². The van der Waals surface area contributed by atoms with Gasteiger partial charge in [0.15, 0.2) is 0 Å². The van der Waals surface area contributed by atoms with Gasteiger partial charge in [0.25, 0.3) is 0 Å². The highest BCUT2D eigenvalue weighted by Gasteiger charge is 2.66. The van der Waals surface area contributed by atoms with E-state index >= 15 is 0 Å². The van der Waals surface area contributed by atoms with Crippen molar-refractivity contribution in [1.82, 2.24) is 5.23 Å². The Labute approximate surface area is 60.8 Å². The molecule has 0 bridgehead atoms. The summed E-state index contributed by atoms with van der Waals surface area (Å²) >= 11 is 0. The van der Waals surface area contributed by atoms with Crippen LogP contribution in [0.4, 0.5) is 0 Å². The number of rotatable bonds is 3. The second-order valence-electron chi connectivity index (χ2n) is 3.23. The summed E-state index contributed by atoms with van der Waals surface area (Å²) in [5.41, 5.74) is 0.617. The topological polar surface area (TPSA) is 21.7 Å². The summed E-state index contributed by atoms with van der Waals surface area (Å²) in [4.78, 5) is 10.0. The van der Waals surface area contributed by atoms with Crippen LogP contribution in [0.25, 0.3) is 0 Å². The molecule has 0 heterocycles. The molecule has 2 aliphatic carbocycles. The van der Waals surface area contributed by atoms with E-state index in [0.717, 1.165) is 0 Å². The lowest BCUT2D eigenvalue weighted by Gasteiger charge is -2.15. The summed E-state index contributed by atoms with van der Waals surface area (Å²) in [6, 6.07) is 0.544. The summed E-state index contributed by atoms with van der Waals surface area (Å²) in [6.45, 7) is 0. The second-order valence-corrected chi connectivity index (χ2v) is 3.23.